The van der Waals surface area contributed by atoms with Crippen LogP contribution in [-0.2, 0) is 22.7 Å². The van der Waals surface area contributed by atoms with Gasteiger partial charge in [-0.05, 0) is 17.2 Å². The van der Waals surface area contributed by atoms with E-state index in [4.69, 9.17) is 5.73 Å². The van der Waals surface area contributed by atoms with Gasteiger partial charge in [0.15, 0.2) is 11.8 Å². The van der Waals surface area contributed by atoms with E-state index in [-0.39, 0.29) is 43.0 Å². The Morgan fingerprint density at radius 3 is 2.71 bits per heavy atom. The van der Waals surface area contributed by atoms with E-state index in [0.29, 0.717) is 18.7 Å². The second kappa shape index (κ2) is 5.83. The van der Waals surface area contributed by atoms with Crippen LogP contribution in [0.1, 0.15) is 27.9 Å². The number of hydrogen-bond acceptors (Lipinski definition) is 4. The highest BCUT2D eigenvalue weighted by Gasteiger charge is 2.41. The van der Waals surface area contributed by atoms with Crippen LogP contribution in [0.3, 0.4) is 0 Å². The number of hydrogen-bond donors (Lipinski definition) is 2. The molecule has 2 amide bonds. The monoisotopic (exact) mass is 309 g/mol. The predicted molar refractivity (Wildman–Crippen MR) is 77.9 cm³/mol. The number of ketones is 1. The molecule has 2 heterocycles. The normalized spacial score (nSPS) is 20.9. The highest BCUT2D eigenvalue weighted by Crippen LogP contribution is 2.27. The molecule has 2 aliphatic rings. The van der Waals surface area contributed by atoms with E-state index in [9.17, 15) is 14.4 Å². The summed E-state index contributed by atoms with van der Waals surface area (Å²) >= 11 is 0. The van der Waals surface area contributed by atoms with Gasteiger partial charge in [0.25, 0.3) is 11.8 Å². The van der Waals surface area contributed by atoms with Crippen molar-refractivity contribution in [3.63, 3.8) is 0 Å². The van der Waals surface area contributed by atoms with Gasteiger partial charge in [0.05, 0.1) is 0 Å². The van der Waals surface area contributed by atoms with Crippen molar-refractivity contribution in [3.8, 4) is 0 Å². The van der Waals surface area contributed by atoms with Gasteiger partial charge in [0.1, 0.15) is 0 Å². The lowest BCUT2D eigenvalue weighted by atomic mass is 10.0. The van der Waals surface area contributed by atoms with Crippen LogP contribution in [0.2, 0.25) is 0 Å². The van der Waals surface area contributed by atoms with Crippen molar-refractivity contribution in [2.75, 3.05) is 6.54 Å². The van der Waals surface area contributed by atoms with Gasteiger partial charge < -0.3 is 16.0 Å². The first-order chi connectivity index (χ1) is 9.61. The Labute approximate surface area is 128 Å². The number of benzene rings is 1. The zero-order valence-corrected chi connectivity index (χ0v) is 12.1. The summed E-state index contributed by atoms with van der Waals surface area (Å²) in [6, 6.07) is 4.37. The van der Waals surface area contributed by atoms with Crippen LogP contribution in [0.5, 0.6) is 0 Å². The Morgan fingerprint density at radius 2 is 2.05 bits per heavy atom. The SMILES string of the molecule is Cl.NCc1ccc2c(c1)CN(C1C(=O)CCNC1=O)C2=O. The van der Waals surface area contributed by atoms with Crippen LogP contribution in [0, 0.1) is 0 Å². The Bertz CT molecular complexity index is 601. The first-order valence-electron chi connectivity index (χ1n) is 6.55. The second-order valence-corrected chi connectivity index (χ2v) is 5.04. The number of carbonyl (C=O) groups is 3. The number of rotatable bonds is 2. The molecule has 0 aliphatic carbocycles. The minimum atomic E-state index is -0.995. The number of piperidine rings is 1. The molecular formula is C14H16ClN3O3. The molecule has 7 heteroatoms. The van der Waals surface area contributed by atoms with Crippen LogP contribution >= 0.6 is 12.4 Å². The summed E-state index contributed by atoms with van der Waals surface area (Å²) in [5.74, 6) is -0.852. The lowest BCUT2D eigenvalue weighted by Crippen LogP contribution is -2.55. The van der Waals surface area contributed by atoms with Crippen molar-refractivity contribution in [1.82, 2.24) is 10.2 Å². The van der Waals surface area contributed by atoms with Crippen LogP contribution in [0.25, 0.3) is 0 Å². The van der Waals surface area contributed by atoms with Crippen LogP contribution < -0.4 is 11.1 Å². The van der Waals surface area contributed by atoms with Crippen molar-refractivity contribution in [1.29, 1.82) is 0 Å². The predicted octanol–water partition coefficient (Wildman–Crippen LogP) is -0.0195. The topological polar surface area (TPSA) is 92.5 Å². The fraction of sp³-hybridized carbons (Fsp3) is 0.357. The van der Waals surface area contributed by atoms with Crippen LogP contribution in [0.4, 0.5) is 0 Å². The Morgan fingerprint density at radius 1 is 1.29 bits per heavy atom. The molecule has 21 heavy (non-hydrogen) atoms. The molecule has 1 saturated heterocycles. The third-order valence-electron chi connectivity index (χ3n) is 3.77. The zero-order valence-electron chi connectivity index (χ0n) is 11.3. The maximum atomic E-state index is 12.3. The van der Waals surface area contributed by atoms with Crippen molar-refractivity contribution in [2.24, 2.45) is 5.73 Å². The summed E-state index contributed by atoms with van der Waals surface area (Å²) in [7, 11) is 0. The van der Waals surface area contributed by atoms with E-state index in [2.05, 4.69) is 5.32 Å². The highest BCUT2D eigenvalue weighted by atomic mass is 35.5. The van der Waals surface area contributed by atoms with Gasteiger partial charge in [-0.2, -0.15) is 0 Å². The van der Waals surface area contributed by atoms with Gasteiger partial charge in [-0.15, -0.1) is 12.4 Å². The van der Waals surface area contributed by atoms with Gasteiger partial charge in [-0.25, -0.2) is 0 Å². The molecule has 0 radical (unpaired) electrons. The molecule has 3 rings (SSSR count). The lowest BCUT2D eigenvalue weighted by molar-refractivity contribution is -0.137. The summed E-state index contributed by atoms with van der Waals surface area (Å²) < 4.78 is 0. The average molecular weight is 310 g/mol. The number of amides is 2. The van der Waals surface area contributed by atoms with E-state index >= 15 is 0 Å². The summed E-state index contributed by atoms with van der Waals surface area (Å²) in [5.41, 5.74) is 7.88. The Balaban J connectivity index is 0.00000161. The molecule has 0 saturated carbocycles. The molecule has 1 unspecified atom stereocenters. The summed E-state index contributed by atoms with van der Waals surface area (Å²) in [6.45, 7) is 1.02. The largest absolute Gasteiger partial charge is 0.353 e. The molecule has 1 aromatic rings. The van der Waals surface area contributed by atoms with E-state index in [1.807, 2.05) is 6.07 Å². The number of nitrogens with two attached hydrogens (primary N) is 1. The van der Waals surface area contributed by atoms with E-state index < -0.39 is 6.04 Å². The lowest BCUT2D eigenvalue weighted by Gasteiger charge is -2.28. The van der Waals surface area contributed by atoms with Crippen LogP contribution in [0.15, 0.2) is 18.2 Å². The smallest absolute Gasteiger partial charge is 0.255 e. The van der Waals surface area contributed by atoms with Gasteiger partial charge in [-0.1, -0.05) is 12.1 Å². The highest BCUT2D eigenvalue weighted by molar-refractivity contribution is 6.12. The maximum absolute atomic E-state index is 12.3. The van der Waals surface area contributed by atoms with E-state index in [1.165, 1.54) is 4.90 Å². The molecule has 1 aromatic carbocycles. The fourth-order valence-electron chi connectivity index (χ4n) is 2.74. The van der Waals surface area contributed by atoms with Gasteiger partial charge in [0, 0.05) is 31.6 Å². The number of carbonyl (C=O) groups excluding carboxylic acids is 3. The van der Waals surface area contributed by atoms with Crippen molar-refractivity contribution in [3.05, 3.63) is 34.9 Å². The average Bonchev–Trinajstić information content (AvgIpc) is 2.75. The van der Waals surface area contributed by atoms with Gasteiger partial charge in [0.2, 0.25) is 0 Å². The molecule has 1 atom stereocenters. The second-order valence-electron chi connectivity index (χ2n) is 5.04. The third kappa shape index (κ3) is 2.52. The number of halogens is 1. The molecular weight excluding hydrogens is 294 g/mol. The van der Waals surface area contributed by atoms with Gasteiger partial charge >= 0.3 is 0 Å². The van der Waals surface area contributed by atoms with Gasteiger partial charge in [-0.3, -0.25) is 14.4 Å². The third-order valence-corrected chi connectivity index (χ3v) is 3.77. The Hall–Kier alpha value is -1.92. The molecule has 112 valence electrons. The van der Waals surface area contributed by atoms with E-state index in [0.717, 1.165) is 11.1 Å². The summed E-state index contributed by atoms with van der Waals surface area (Å²) in [4.78, 5) is 37.5. The van der Waals surface area contributed by atoms with E-state index in [1.54, 1.807) is 12.1 Å². The molecule has 1 fully saturated rings. The number of nitrogens with one attached hydrogen (secondary N) is 1. The van der Waals surface area contributed by atoms with Crippen LogP contribution in [-0.4, -0.2) is 35.1 Å². The maximum Gasteiger partial charge on any atom is 0.255 e. The first-order valence-corrected chi connectivity index (χ1v) is 6.55. The first kappa shape index (κ1) is 15.5. The fourth-order valence-corrected chi connectivity index (χ4v) is 2.74. The number of fused-ring (bicyclic) bond motifs is 1. The Kier molecular flexibility index (Phi) is 4.29. The minimum Gasteiger partial charge on any atom is -0.353 e. The summed E-state index contributed by atoms with van der Waals surface area (Å²) in [6.07, 6.45) is 0.268. The van der Waals surface area contributed by atoms with Crippen molar-refractivity contribution < 1.29 is 14.4 Å². The molecule has 0 spiro atoms. The quantitative estimate of drug-likeness (QED) is 0.751. The van der Waals surface area contributed by atoms with Crippen molar-refractivity contribution >= 4 is 30.0 Å². The minimum absolute atomic E-state index is 0. The molecule has 0 bridgehead atoms. The molecule has 6 nitrogen and oxygen atoms in total. The van der Waals surface area contributed by atoms with Crippen molar-refractivity contribution in [2.45, 2.75) is 25.6 Å². The standard InChI is InChI=1S/C14H15N3O3.ClH/c15-6-8-1-2-10-9(5-8)7-17(14(10)20)12-11(18)3-4-16-13(12)19;/h1-2,5,12H,3-4,6-7,15H2,(H,16,19);1H. The molecule has 2 aliphatic heterocycles. The number of Topliss-reactive ketones (excluding diaryl/α,β-unsaturated/α-hetero) is 1. The molecule has 0 aromatic heterocycles. The number of nitrogens with zero attached hydrogens (tertiary/aromatic N) is 1. The summed E-state index contributed by atoms with van der Waals surface area (Å²) in [5, 5.41) is 2.64. The zero-order chi connectivity index (χ0) is 14.3. The molecule has 3 N–H and O–H groups in total.